The van der Waals surface area contributed by atoms with Gasteiger partial charge in [-0.2, -0.15) is 0 Å². The minimum Gasteiger partial charge on any atom is -0.508 e. The van der Waals surface area contributed by atoms with Gasteiger partial charge in [-0.05, 0) is 54.3 Å². The number of amides is 1. The summed E-state index contributed by atoms with van der Waals surface area (Å²) in [7, 11) is 0. The van der Waals surface area contributed by atoms with Crippen LogP contribution in [-0.4, -0.2) is 17.6 Å². The second kappa shape index (κ2) is 7.67. The molecule has 0 saturated heterocycles. The van der Waals surface area contributed by atoms with Gasteiger partial charge in [-0.15, -0.1) is 0 Å². The third-order valence-electron chi connectivity index (χ3n) is 4.13. The summed E-state index contributed by atoms with van der Waals surface area (Å²) >= 11 is 0. The molecule has 0 spiro atoms. The summed E-state index contributed by atoms with van der Waals surface area (Å²) in [6.45, 7) is 2.58. The van der Waals surface area contributed by atoms with E-state index in [1.807, 2.05) is 43.3 Å². The van der Waals surface area contributed by atoms with Gasteiger partial charge in [-0.1, -0.05) is 54.1 Å². The number of benzene rings is 3. The number of hydrogen-bond donors (Lipinski definition) is 2. The average molecular weight is 331 g/mol. The number of aromatic hydroxyl groups is 1. The van der Waals surface area contributed by atoms with Crippen molar-refractivity contribution in [1.82, 2.24) is 5.32 Å². The van der Waals surface area contributed by atoms with Gasteiger partial charge < -0.3 is 10.4 Å². The van der Waals surface area contributed by atoms with Gasteiger partial charge in [-0.25, -0.2) is 0 Å². The highest BCUT2D eigenvalue weighted by Crippen LogP contribution is 2.22. The Balaban J connectivity index is 1.55. The highest BCUT2D eigenvalue weighted by molar-refractivity contribution is 5.94. The van der Waals surface area contributed by atoms with Gasteiger partial charge >= 0.3 is 0 Å². The molecule has 1 amide bonds. The Kier molecular flexibility index (Phi) is 5.14. The standard InChI is InChI=1S/C22H21NO2/c1-16-3-2-4-20(15-16)22(25)23-14-13-17-5-7-18(8-6-17)19-9-11-21(24)12-10-19/h2-12,15,24H,13-14H2,1H3,(H,23,25). The number of phenols is 1. The minimum atomic E-state index is -0.0376. The summed E-state index contributed by atoms with van der Waals surface area (Å²) in [5, 5.41) is 12.3. The van der Waals surface area contributed by atoms with Crippen molar-refractivity contribution in [3.8, 4) is 16.9 Å². The van der Waals surface area contributed by atoms with E-state index >= 15 is 0 Å². The summed E-state index contributed by atoms with van der Waals surface area (Å²) in [6, 6.07) is 23.0. The van der Waals surface area contributed by atoms with Crippen LogP contribution in [0.5, 0.6) is 5.75 Å². The summed E-state index contributed by atoms with van der Waals surface area (Å²) in [5.41, 5.74) is 5.12. The van der Waals surface area contributed by atoms with Crippen LogP contribution in [0.25, 0.3) is 11.1 Å². The number of hydrogen-bond acceptors (Lipinski definition) is 2. The van der Waals surface area contributed by atoms with Gasteiger partial charge in [0.05, 0.1) is 0 Å². The normalized spacial score (nSPS) is 10.4. The van der Waals surface area contributed by atoms with Gasteiger partial charge in [0.1, 0.15) is 5.75 Å². The molecule has 0 radical (unpaired) electrons. The van der Waals surface area contributed by atoms with Crippen LogP contribution in [0.3, 0.4) is 0 Å². The molecule has 0 bridgehead atoms. The third-order valence-corrected chi connectivity index (χ3v) is 4.13. The first-order valence-corrected chi connectivity index (χ1v) is 8.35. The van der Waals surface area contributed by atoms with E-state index in [1.54, 1.807) is 12.1 Å². The van der Waals surface area contributed by atoms with Crippen molar-refractivity contribution in [2.24, 2.45) is 0 Å². The number of carbonyl (C=O) groups is 1. The van der Waals surface area contributed by atoms with Crippen LogP contribution >= 0.6 is 0 Å². The predicted octanol–water partition coefficient (Wildman–Crippen LogP) is 4.34. The van der Waals surface area contributed by atoms with Crippen molar-refractivity contribution in [3.63, 3.8) is 0 Å². The lowest BCUT2D eigenvalue weighted by Crippen LogP contribution is -2.25. The second-order valence-corrected chi connectivity index (χ2v) is 6.12. The molecule has 3 aromatic rings. The highest BCUT2D eigenvalue weighted by atomic mass is 16.3. The zero-order valence-electron chi connectivity index (χ0n) is 14.2. The van der Waals surface area contributed by atoms with Crippen LogP contribution in [0.1, 0.15) is 21.5 Å². The van der Waals surface area contributed by atoms with E-state index in [1.165, 1.54) is 5.56 Å². The minimum absolute atomic E-state index is 0.0376. The van der Waals surface area contributed by atoms with Crippen LogP contribution < -0.4 is 5.32 Å². The molecule has 0 heterocycles. The van der Waals surface area contributed by atoms with E-state index in [0.29, 0.717) is 12.1 Å². The topological polar surface area (TPSA) is 49.3 Å². The first-order valence-electron chi connectivity index (χ1n) is 8.35. The Labute approximate surface area is 148 Å². The molecule has 0 aromatic heterocycles. The second-order valence-electron chi connectivity index (χ2n) is 6.12. The lowest BCUT2D eigenvalue weighted by Gasteiger charge is -2.07. The van der Waals surface area contributed by atoms with E-state index < -0.39 is 0 Å². The zero-order chi connectivity index (χ0) is 17.6. The maximum Gasteiger partial charge on any atom is 0.251 e. The molecule has 25 heavy (non-hydrogen) atoms. The van der Waals surface area contributed by atoms with E-state index in [4.69, 9.17) is 0 Å². The zero-order valence-corrected chi connectivity index (χ0v) is 14.2. The Morgan fingerprint density at radius 3 is 2.20 bits per heavy atom. The first-order chi connectivity index (χ1) is 12.1. The maximum atomic E-state index is 12.1. The van der Waals surface area contributed by atoms with E-state index in [9.17, 15) is 9.90 Å². The van der Waals surface area contributed by atoms with Gasteiger partial charge in [0, 0.05) is 12.1 Å². The molecule has 126 valence electrons. The van der Waals surface area contributed by atoms with E-state index in [-0.39, 0.29) is 11.7 Å². The number of aryl methyl sites for hydroxylation is 1. The fraction of sp³-hybridized carbons (Fsp3) is 0.136. The molecule has 0 fully saturated rings. The highest BCUT2D eigenvalue weighted by Gasteiger charge is 2.05. The number of nitrogens with one attached hydrogen (secondary N) is 1. The molecule has 0 unspecified atom stereocenters. The van der Waals surface area contributed by atoms with Crippen LogP contribution in [0.4, 0.5) is 0 Å². The van der Waals surface area contributed by atoms with E-state index in [2.05, 4.69) is 29.6 Å². The number of carbonyl (C=O) groups excluding carboxylic acids is 1. The van der Waals surface area contributed by atoms with Gasteiger partial charge in [0.15, 0.2) is 0 Å². The lowest BCUT2D eigenvalue weighted by atomic mass is 10.0. The quantitative estimate of drug-likeness (QED) is 0.730. The van der Waals surface area contributed by atoms with Crippen LogP contribution in [0.15, 0.2) is 72.8 Å². The van der Waals surface area contributed by atoms with Crippen molar-refractivity contribution < 1.29 is 9.90 Å². The molecule has 3 nitrogen and oxygen atoms in total. The average Bonchev–Trinajstić information content (AvgIpc) is 2.63. The van der Waals surface area contributed by atoms with Crippen molar-refractivity contribution in [1.29, 1.82) is 0 Å². The molecule has 0 saturated carbocycles. The molecule has 3 aromatic carbocycles. The van der Waals surface area contributed by atoms with Crippen molar-refractivity contribution in [2.45, 2.75) is 13.3 Å². The summed E-state index contributed by atoms with van der Waals surface area (Å²) < 4.78 is 0. The molecule has 0 aliphatic heterocycles. The smallest absolute Gasteiger partial charge is 0.251 e. The monoisotopic (exact) mass is 331 g/mol. The Morgan fingerprint density at radius 1 is 0.920 bits per heavy atom. The fourth-order valence-corrected chi connectivity index (χ4v) is 2.73. The van der Waals surface area contributed by atoms with Crippen LogP contribution in [0.2, 0.25) is 0 Å². The van der Waals surface area contributed by atoms with Crippen molar-refractivity contribution in [3.05, 3.63) is 89.5 Å². The molecular weight excluding hydrogens is 310 g/mol. The summed E-state index contributed by atoms with van der Waals surface area (Å²) in [4.78, 5) is 12.1. The molecule has 0 atom stereocenters. The fourth-order valence-electron chi connectivity index (χ4n) is 2.73. The van der Waals surface area contributed by atoms with Crippen LogP contribution in [-0.2, 0) is 6.42 Å². The largest absolute Gasteiger partial charge is 0.508 e. The maximum absolute atomic E-state index is 12.1. The Bertz CT molecular complexity index is 852. The lowest BCUT2D eigenvalue weighted by molar-refractivity contribution is 0.0954. The predicted molar refractivity (Wildman–Crippen MR) is 101 cm³/mol. The van der Waals surface area contributed by atoms with Crippen LogP contribution in [0, 0.1) is 6.92 Å². The molecule has 0 aliphatic carbocycles. The van der Waals surface area contributed by atoms with Gasteiger partial charge in [0.25, 0.3) is 5.91 Å². The molecular formula is C22H21NO2. The van der Waals surface area contributed by atoms with Crippen molar-refractivity contribution in [2.75, 3.05) is 6.54 Å². The SMILES string of the molecule is Cc1cccc(C(=O)NCCc2ccc(-c3ccc(O)cc3)cc2)c1. The van der Waals surface area contributed by atoms with Gasteiger partial charge in [-0.3, -0.25) is 4.79 Å². The number of phenolic OH excluding ortho intramolecular Hbond substituents is 1. The molecule has 2 N–H and O–H groups in total. The van der Waals surface area contributed by atoms with Crippen molar-refractivity contribution >= 4 is 5.91 Å². The van der Waals surface area contributed by atoms with E-state index in [0.717, 1.165) is 23.1 Å². The molecule has 3 rings (SSSR count). The Morgan fingerprint density at radius 2 is 1.56 bits per heavy atom. The first kappa shape index (κ1) is 16.8. The van der Waals surface area contributed by atoms with Gasteiger partial charge in [0.2, 0.25) is 0 Å². The Hall–Kier alpha value is -3.07. The number of rotatable bonds is 5. The molecule has 3 heteroatoms. The summed E-state index contributed by atoms with van der Waals surface area (Å²) in [6.07, 6.45) is 0.785. The summed E-state index contributed by atoms with van der Waals surface area (Å²) in [5.74, 6) is 0.231. The third kappa shape index (κ3) is 4.48. The molecule has 0 aliphatic rings.